The van der Waals surface area contributed by atoms with Crippen LogP contribution in [0.3, 0.4) is 0 Å². The summed E-state index contributed by atoms with van der Waals surface area (Å²) in [6.45, 7) is 4.21. The maximum Gasteiger partial charge on any atom is 0.253 e. The molecule has 0 bridgehead atoms. The van der Waals surface area contributed by atoms with Crippen molar-refractivity contribution in [3.63, 3.8) is 0 Å². The van der Waals surface area contributed by atoms with Gasteiger partial charge in [-0.2, -0.15) is 4.31 Å². The molecule has 0 spiro atoms. The second-order valence-corrected chi connectivity index (χ2v) is 9.80. The first kappa shape index (κ1) is 20.3. The van der Waals surface area contributed by atoms with Crippen molar-refractivity contribution in [2.75, 3.05) is 40.3 Å². The summed E-state index contributed by atoms with van der Waals surface area (Å²) in [7, 11) is 0.249. The Balaban J connectivity index is 1.84. The number of hydrogen-bond donors (Lipinski definition) is 0. The second-order valence-electron chi connectivity index (χ2n) is 7.90. The number of rotatable bonds is 4. The van der Waals surface area contributed by atoms with E-state index in [4.69, 9.17) is 0 Å². The highest BCUT2D eigenvalue weighted by molar-refractivity contribution is 7.89. The van der Waals surface area contributed by atoms with Gasteiger partial charge in [0.15, 0.2) is 0 Å². The molecule has 0 atom stereocenters. The molecule has 27 heavy (non-hydrogen) atoms. The van der Waals surface area contributed by atoms with E-state index >= 15 is 0 Å². The minimum absolute atomic E-state index is 0.0864. The number of hydrogen-bond acceptors (Lipinski definition) is 4. The van der Waals surface area contributed by atoms with Crippen LogP contribution >= 0.6 is 0 Å². The topological polar surface area (TPSA) is 60.9 Å². The molecule has 3 rings (SSSR count). The Bertz CT molecular complexity index is 780. The van der Waals surface area contributed by atoms with Gasteiger partial charge in [-0.15, -0.1) is 0 Å². The van der Waals surface area contributed by atoms with Crippen LogP contribution in [0.25, 0.3) is 0 Å². The highest BCUT2D eigenvalue weighted by Gasteiger charge is 2.30. The number of aryl methyl sites for hydroxylation is 1. The molecule has 150 valence electrons. The number of piperazine rings is 1. The fourth-order valence-corrected chi connectivity index (χ4v) is 5.69. The van der Waals surface area contributed by atoms with E-state index in [1.165, 1.54) is 10.7 Å². The van der Waals surface area contributed by atoms with Gasteiger partial charge >= 0.3 is 0 Å². The third-order valence-electron chi connectivity index (χ3n) is 5.96. The van der Waals surface area contributed by atoms with Gasteiger partial charge in [-0.1, -0.05) is 25.3 Å². The first-order chi connectivity index (χ1) is 12.8. The number of benzene rings is 1. The summed E-state index contributed by atoms with van der Waals surface area (Å²) in [6, 6.07) is 5.33. The summed E-state index contributed by atoms with van der Waals surface area (Å²) in [5, 5.41) is 0. The molecule has 6 nitrogen and oxygen atoms in total. The van der Waals surface area contributed by atoms with E-state index in [1.54, 1.807) is 30.0 Å². The molecule has 0 radical (unpaired) electrons. The molecule has 1 saturated heterocycles. The summed E-state index contributed by atoms with van der Waals surface area (Å²) >= 11 is 0. The van der Waals surface area contributed by atoms with Crippen LogP contribution in [-0.4, -0.2) is 74.7 Å². The van der Waals surface area contributed by atoms with E-state index < -0.39 is 10.0 Å². The maximum atomic E-state index is 13.1. The number of carbonyl (C=O) groups excluding carboxylic acids is 1. The molecule has 1 aliphatic carbocycles. The zero-order valence-electron chi connectivity index (χ0n) is 16.6. The lowest BCUT2D eigenvalue weighted by atomic mass is 9.94. The van der Waals surface area contributed by atoms with Crippen molar-refractivity contribution in [1.82, 2.24) is 14.1 Å². The normalized spacial score (nSPS) is 20.6. The van der Waals surface area contributed by atoms with Crippen molar-refractivity contribution in [3.8, 4) is 0 Å². The van der Waals surface area contributed by atoms with Gasteiger partial charge in [-0.05, 0) is 44.5 Å². The molecule has 1 saturated carbocycles. The largest absolute Gasteiger partial charge is 0.339 e. The Morgan fingerprint density at radius 3 is 2.33 bits per heavy atom. The standard InChI is InChI=1S/C20H31N3O3S/c1-16-9-10-17(20(24)22(3)18-7-5-4-6-8-18)15-19(16)27(25,26)23-13-11-21(2)12-14-23/h9-10,15,18H,4-8,11-14H2,1-3H3. The minimum Gasteiger partial charge on any atom is -0.339 e. The first-order valence-electron chi connectivity index (χ1n) is 9.87. The molecule has 2 fully saturated rings. The number of likely N-dealkylation sites (N-methyl/N-ethyl adjacent to an activating group) is 1. The molecular weight excluding hydrogens is 362 g/mol. The van der Waals surface area contributed by atoms with Crippen molar-refractivity contribution in [2.45, 2.75) is 50.0 Å². The van der Waals surface area contributed by atoms with Gasteiger partial charge in [0.05, 0.1) is 4.90 Å². The van der Waals surface area contributed by atoms with Crippen LogP contribution in [0, 0.1) is 6.92 Å². The molecule has 1 aliphatic heterocycles. The smallest absolute Gasteiger partial charge is 0.253 e. The molecule has 1 heterocycles. The second kappa shape index (κ2) is 8.29. The Labute approximate surface area is 163 Å². The van der Waals surface area contributed by atoms with E-state index in [0.29, 0.717) is 24.2 Å². The summed E-state index contributed by atoms with van der Waals surface area (Å²) in [6.07, 6.45) is 5.59. The predicted octanol–water partition coefficient (Wildman–Crippen LogP) is 2.34. The minimum atomic E-state index is -3.59. The number of amides is 1. The Morgan fingerprint density at radius 1 is 1.07 bits per heavy atom. The Kier molecular flexibility index (Phi) is 6.23. The van der Waals surface area contributed by atoms with Crippen LogP contribution < -0.4 is 0 Å². The fraction of sp³-hybridized carbons (Fsp3) is 0.650. The molecule has 7 heteroatoms. The predicted molar refractivity (Wildman–Crippen MR) is 106 cm³/mol. The van der Waals surface area contributed by atoms with E-state index in [2.05, 4.69) is 4.90 Å². The van der Waals surface area contributed by atoms with Crippen LogP contribution in [0.1, 0.15) is 48.0 Å². The van der Waals surface area contributed by atoms with Crippen LogP contribution in [0.5, 0.6) is 0 Å². The van der Waals surface area contributed by atoms with Crippen LogP contribution in [0.4, 0.5) is 0 Å². The lowest BCUT2D eigenvalue weighted by Gasteiger charge is -2.32. The monoisotopic (exact) mass is 393 g/mol. The third-order valence-corrected chi connectivity index (χ3v) is 8.00. The fourth-order valence-electron chi connectivity index (χ4n) is 4.02. The van der Waals surface area contributed by atoms with Crippen LogP contribution in [-0.2, 0) is 10.0 Å². The third kappa shape index (κ3) is 4.36. The van der Waals surface area contributed by atoms with Gasteiger partial charge in [0.1, 0.15) is 0 Å². The summed E-state index contributed by atoms with van der Waals surface area (Å²) in [5.41, 5.74) is 1.15. The van der Waals surface area contributed by atoms with E-state index in [-0.39, 0.29) is 16.8 Å². The van der Waals surface area contributed by atoms with Gasteiger partial charge in [-0.25, -0.2) is 8.42 Å². The molecule has 1 amide bonds. The molecule has 1 aromatic rings. The lowest BCUT2D eigenvalue weighted by Crippen LogP contribution is -2.47. The van der Waals surface area contributed by atoms with Gasteiger partial charge < -0.3 is 9.80 Å². The van der Waals surface area contributed by atoms with Crippen LogP contribution in [0.2, 0.25) is 0 Å². The van der Waals surface area contributed by atoms with Crippen molar-refractivity contribution >= 4 is 15.9 Å². The van der Waals surface area contributed by atoms with Crippen molar-refractivity contribution in [1.29, 1.82) is 0 Å². The molecule has 0 aromatic heterocycles. The average molecular weight is 394 g/mol. The molecule has 1 aromatic carbocycles. The highest BCUT2D eigenvalue weighted by Crippen LogP contribution is 2.26. The number of sulfonamides is 1. The molecule has 2 aliphatic rings. The SMILES string of the molecule is Cc1ccc(C(=O)N(C)C2CCCCC2)cc1S(=O)(=O)N1CCN(C)CC1. The lowest BCUT2D eigenvalue weighted by molar-refractivity contribution is 0.0696. The van der Waals surface area contributed by atoms with Gasteiger partial charge in [0.2, 0.25) is 10.0 Å². The summed E-state index contributed by atoms with van der Waals surface area (Å²) in [5.74, 6) is -0.0864. The summed E-state index contributed by atoms with van der Waals surface area (Å²) in [4.78, 5) is 17.1. The van der Waals surface area contributed by atoms with E-state index in [1.807, 2.05) is 14.1 Å². The molecule has 0 unspecified atom stereocenters. The van der Waals surface area contributed by atoms with Crippen molar-refractivity contribution < 1.29 is 13.2 Å². The van der Waals surface area contributed by atoms with Gasteiger partial charge in [-0.3, -0.25) is 4.79 Å². The van der Waals surface area contributed by atoms with Gasteiger partial charge in [0, 0.05) is 44.8 Å². The van der Waals surface area contributed by atoms with Crippen molar-refractivity contribution in [3.05, 3.63) is 29.3 Å². The molecule has 0 N–H and O–H groups in total. The summed E-state index contributed by atoms with van der Waals surface area (Å²) < 4.78 is 27.8. The Morgan fingerprint density at radius 2 is 1.70 bits per heavy atom. The number of carbonyl (C=O) groups is 1. The zero-order valence-corrected chi connectivity index (χ0v) is 17.5. The first-order valence-corrected chi connectivity index (χ1v) is 11.3. The number of nitrogens with zero attached hydrogens (tertiary/aromatic N) is 3. The zero-order chi connectivity index (χ0) is 19.6. The van der Waals surface area contributed by atoms with Crippen LogP contribution in [0.15, 0.2) is 23.1 Å². The maximum absolute atomic E-state index is 13.1. The van der Waals surface area contributed by atoms with Gasteiger partial charge in [0.25, 0.3) is 5.91 Å². The average Bonchev–Trinajstić information content (AvgIpc) is 2.68. The van der Waals surface area contributed by atoms with Crippen molar-refractivity contribution in [2.24, 2.45) is 0 Å². The Hall–Kier alpha value is -1.44. The molecular formula is C20H31N3O3S. The quantitative estimate of drug-likeness (QED) is 0.788. The van der Waals surface area contributed by atoms with E-state index in [0.717, 1.165) is 38.8 Å². The van der Waals surface area contributed by atoms with E-state index in [9.17, 15) is 13.2 Å². The highest BCUT2D eigenvalue weighted by atomic mass is 32.2.